The highest BCUT2D eigenvalue weighted by Crippen LogP contribution is 2.29. The minimum Gasteiger partial charge on any atom is -0.349 e. The SMILES string of the molecule is Cc1cccn2c(NC(=O)/C=C/c3ccc(C(=O)NC4CC4)cc3)c(-c3ccccc3)nc12. The Morgan fingerprint density at radius 3 is 2.48 bits per heavy atom. The van der Waals surface area contributed by atoms with Crippen LogP contribution in [0.25, 0.3) is 23.0 Å². The van der Waals surface area contributed by atoms with E-state index in [0.717, 1.165) is 40.9 Å². The van der Waals surface area contributed by atoms with Crippen molar-refractivity contribution in [2.24, 2.45) is 0 Å². The number of pyridine rings is 1. The molecule has 0 aliphatic heterocycles. The van der Waals surface area contributed by atoms with Crippen molar-refractivity contribution in [3.8, 4) is 11.3 Å². The average Bonchev–Trinajstić information content (AvgIpc) is 3.58. The van der Waals surface area contributed by atoms with Crippen molar-refractivity contribution in [3.05, 3.63) is 95.7 Å². The molecule has 4 aromatic rings. The second-order valence-corrected chi connectivity index (χ2v) is 8.25. The molecule has 164 valence electrons. The highest BCUT2D eigenvalue weighted by atomic mass is 16.2. The zero-order chi connectivity index (χ0) is 22.8. The Labute approximate surface area is 192 Å². The minimum absolute atomic E-state index is 0.0536. The average molecular weight is 437 g/mol. The molecule has 0 saturated heterocycles. The lowest BCUT2D eigenvalue weighted by Crippen LogP contribution is -2.25. The summed E-state index contributed by atoms with van der Waals surface area (Å²) in [5.41, 5.74) is 4.94. The quantitative estimate of drug-likeness (QED) is 0.424. The fraction of sp³-hybridized carbons (Fsp3) is 0.148. The predicted molar refractivity (Wildman–Crippen MR) is 130 cm³/mol. The molecule has 2 amide bonds. The number of aryl methyl sites for hydroxylation is 1. The van der Waals surface area contributed by atoms with Crippen LogP contribution < -0.4 is 10.6 Å². The topological polar surface area (TPSA) is 75.5 Å². The third kappa shape index (κ3) is 4.55. The van der Waals surface area contributed by atoms with Gasteiger partial charge in [-0.05, 0) is 55.2 Å². The summed E-state index contributed by atoms with van der Waals surface area (Å²) >= 11 is 0. The molecular weight excluding hydrogens is 412 g/mol. The van der Waals surface area contributed by atoms with Crippen molar-refractivity contribution in [2.45, 2.75) is 25.8 Å². The van der Waals surface area contributed by atoms with Crippen LogP contribution in [0.1, 0.15) is 34.3 Å². The standard InChI is InChI=1S/C27H24N4O2/c1-18-6-5-17-31-25(18)30-24(20-7-3-2-4-8-20)26(31)29-23(32)16-11-19-9-12-21(13-10-19)27(33)28-22-14-15-22/h2-13,16-17,22H,14-15H2,1H3,(H,28,33)(H,29,32)/b16-11+. The van der Waals surface area contributed by atoms with E-state index in [1.807, 2.05) is 72.1 Å². The second-order valence-electron chi connectivity index (χ2n) is 8.25. The molecule has 0 atom stereocenters. The smallest absolute Gasteiger partial charge is 0.251 e. The summed E-state index contributed by atoms with van der Waals surface area (Å²) in [5.74, 6) is 0.315. The molecule has 6 heteroatoms. The van der Waals surface area contributed by atoms with Gasteiger partial charge in [-0.15, -0.1) is 0 Å². The van der Waals surface area contributed by atoms with E-state index in [-0.39, 0.29) is 11.8 Å². The zero-order valence-electron chi connectivity index (χ0n) is 18.3. The number of benzene rings is 2. The van der Waals surface area contributed by atoms with E-state index in [9.17, 15) is 9.59 Å². The van der Waals surface area contributed by atoms with E-state index in [1.54, 1.807) is 18.2 Å². The third-order valence-electron chi connectivity index (χ3n) is 5.65. The van der Waals surface area contributed by atoms with Gasteiger partial charge in [-0.1, -0.05) is 48.5 Å². The summed E-state index contributed by atoms with van der Waals surface area (Å²) < 4.78 is 1.90. The fourth-order valence-electron chi connectivity index (χ4n) is 3.69. The Balaban J connectivity index is 1.36. The van der Waals surface area contributed by atoms with Gasteiger partial charge in [-0.25, -0.2) is 4.98 Å². The van der Waals surface area contributed by atoms with Crippen LogP contribution in [0, 0.1) is 6.92 Å². The van der Waals surface area contributed by atoms with Gasteiger partial charge < -0.3 is 10.6 Å². The van der Waals surface area contributed by atoms with Gasteiger partial charge in [0.2, 0.25) is 5.91 Å². The number of carbonyl (C=O) groups excluding carboxylic acids is 2. The summed E-state index contributed by atoms with van der Waals surface area (Å²) in [7, 11) is 0. The van der Waals surface area contributed by atoms with E-state index < -0.39 is 0 Å². The van der Waals surface area contributed by atoms with Crippen LogP contribution >= 0.6 is 0 Å². The number of anilines is 1. The highest BCUT2D eigenvalue weighted by Gasteiger charge is 2.23. The number of amides is 2. The van der Waals surface area contributed by atoms with Gasteiger partial charge in [0.25, 0.3) is 5.91 Å². The summed E-state index contributed by atoms with van der Waals surface area (Å²) in [6.45, 7) is 2.00. The van der Waals surface area contributed by atoms with Crippen molar-refractivity contribution in [2.75, 3.05) is 5.32 Å². The molecule has 1 fully saturated rings. The molecule has 1 aliphatic carbocycles. The number of fused-ring (bicyclic) bond motifs is 1. The molecule has 0 bridgehead atoms. The van der Waals surface area contributed by atoms with Gasteiger partial charge in [-0.2, -0.15) is 0 Å². The first kappa shape index (κ1) is 20.7. The Morgan fingerprint density at radius 2 is 1.76 bits per heavy atom. The summed E-state index contributed by atoms with van der Waals surface area (Å²) in [5, 5.41) is 5.97. The maximum absolute atomic E-state index is 12.8. The number of rotatable bonds is 6. The molecule has 0 spiro atoms. The first-order valence-electron chi connectivity index (χ1n) is 11.0. The van der Waals surface area contributed by atoms with Crippen molar-refractivity contribution < 1.29 is 9.59 Å². The second kappa shape index (κ2) is 8.74. The maximum Gasteiger partial charge on any atom is 0.251 e. The van der Waals surface area contributed by atoms with E-state index in [2.05, 4.69) is 10.6 Å². The lowest BCUT2D eigenvalue weighted by molar-refractivity contribution is -0.111. The minimum atomic E-state index is -0.258. The molecule has 2 aromatic carbocycles. The van der Waals surface area contributed by atoms with Gasteiger partial charge >= 0.3 is 0 Å². The zero-order valence-corrected chi connectivity index (χ0v) is 18.3. The fourth-order valence-corrected chi connectivity index (χ4v) is 3.69. The lowest BCUT2D eigenvalue weighted by Gasteiger charge is -2.06. The first-order valence-corrected chi connectivity index (χ1v) is 11.0. The lowest BCUT2D eigenvalue weighted by atomic mass is 10.1. The van der Waals surface area contributed by atoms with Crippen LogP contribution in [0.15, 0.2) is 79.0 Å². The number of hydrogen-bond donors (Lipinski definition) is 2. The highest BCUT2D eigenvalue weighted by molar-refractivity contribution is 6.04. The molecule has 5 rings (SSSR count). The Bertz CT molecular complexity index is 1350. The van der Waals surface area contributed by atoms with Crippen molar-refractivity contribution in [3.63, 3.8) is 0 Å². The monoisotopic (exact) mass is 436 g/mol. The maximum atomic E-state index is 12.8. The molecule has 0 unspecified atom stereocenters. The van der Waals surface area contributed by atoms with Crippen LogP contribution in [-0.4, -0.2) is 27.2 Å². The van der Waals surface area contributed by atoms with E-state index in [0.29, 0.717) is 17.4 Å². The van der Waals surface area contributed by atoms with Gasteiger partial charge in [0, 0.05) is 29.4 Å². The predicted octanol–water partition coefficient (Wildman–Crippen LogP) is 4.85. The molecule has 2 heterocycles. The summed E-state index contributed by atoms with van der Waals surface area (Å²) in [6, 6.07) is 21.3. The van der Waals surface area contributed by atoms with Crippen molar-refractivity contribution >= 4 is 29.4 Å². The number of carbonyl (C=O) groups is 2. The molecular formula is C27H24N4O2. The normalized spacial score (nSPS) is 13.4. The first-order chi connectivity index (χ1) is 16.1. The number of aromatic nitrogens is 2. The molecule has 0 radical (unpaired) electrons. The van der Waals surface area contributed by atoms with E-state index >= 15 is 0 Å². The van der Waals surface area contributed by atoms with E-state index in [1.165, 1.54) is 6.08 Å². The summed E-state index contributed by atoms with van der Waals surface area (Å²) in [4.78, 5) is 29.7. The number of imidazole rings is 1. The van der Waals surface area contributed by atoms with Gasteiger partial charge in [0.05, 0.1) is 0 Å². The number of nitrogens with one attached hydrogen (secondary N) is 2. The van der Waals surface area contributed by atoms with Crippen LogP contribution in [0.3, 0.4) is 0 Å². The molecule has 6 nitrogen and oxygen atoms in total. The van der Waals surface area contributed by atoms with Gasteiger partial charge in [-0.3, -0.25) is 14.0 Å². The van der Waals surface area contributed by atoms with Gasteiger partial charge in [0.1, 0.15) is 17.2 Å². The molecule has 1 aliphatic rings. The van der Waals surface area contributed by atoms with Gasteiger partial charge in [0.15, 0.2) is 0 Å². The number of nitrogens with zero attached hydrogens (tertiary/aromatic N) is 2. The molecule has 2 N–H and O–H groups in total. The molecule has 33 heavy (non-hydrogen) atoms. The van der Waals surface area contributed by atoms with Crippen LogP contribution in [0.2, 0.25) is 0 Å². The Hall–Kier alpha value is -4.19. The summed E-state index contributed by atoms with van der Waals surface area (Å²) in [6.07, 6.45) is 7.23. The van der Waals surface area contributed by atoms with Crippen LogP contribution in [0.5, 0.6) is 0 Å². The Kier molecular flexibility index (Phi) is 5.48. The van der Waals surface area contributed by atoms with Crippen LogP contribution in [0.4, 0.5) is 5.82 Å². The molecule has 1 saturated carbocycles. The Morgan fingerprint density at radius 1 is 1.00 bits per heavy atom. The number of hydrogen-bond acceptors (Lipinski definition) is 3. The largest absolute Gasteiger partial charge is 0.349 e. The third-order valence-corrected chi connectivity index (χ3v) is 5.65. The van der Waals surface area contributed by atoms with Crippen LogP contribution in [-0.2, 0) is 4.79 Å². The van der Waals surface area contributed by atoms with Crippen molar-refractivity contribution in [1.29, 1.82) is 0 Å². The molecule has 2 aromatic heterocycles. The van der Waals surface area contributed by atoms with Crippen molar-refractivity contribution in [1.82, 2.24) is 14.7 Å². The van der Waals surface area contributed by atoms with E-state index in [4.69, 9.17) is 4.98 Å².